The van der Waals surface area contributed by atoms with E-state index in [1.165, 1.54) is 23.5 Å². The molecule has 1 aliphatic carbocycles. The van der Waals surface area contributed by atoms with E-state index >= 15 is 0 Å². The Morgan fingerprint density at radius 2 is 2.12 bits per heavy atom. The van der Waals surface area contributed by atoms with E-state index in [-0.39, 0.29) is 5.92 Å². The number of nitrogens with zero attached hydrogens (tertiary/aromatic N) is 3. The van der Waals surface area contributed by atoms with Crippen molar-refractivity contribution in [2.75, 3.05) is 13.7 Å². The van der Waals surface area contributed by atoms with Crippen LogP contribution in [0.3, 0.4) is 0 Å². The number of benzene rings is 1. The lowest BCUT2D eigenvalue weighted by molar-refractivity contribution is 0.0697. The summed E-state index contributed by atoms with van der Waals surface area (Å²) in [5, 5.41) is 12.4. The van der Waals surface area contributed by atoms with Gasteiger partial charge in [-0.1, -0.05) is 13.0 Å². The van der Waals surface area contributed by atoms with Gasteiger partial charge in [-0.3, -0.25) is 10.4 Å². The zero-order valence-electron chi connectivity index (χ0n) is 14.2. The molecule has 1 fully saturated rings. The second-order valence-corrected chi connectivity index (χ2v) is 6.31. The number of nitrogens with one attached hydrogen (secondary N) is 1. The Balaban J connectivity index is 1.72. The third-order valence-electron chi connectivity index (χ3n) is 4.61. The molecule has 2 aliphatic rings. The monoisotopic (exact) mass is 328 g/mol. The van der Waals surface area contributed by atoms with Crippen molar-refractivity contribution in [2.45, 2.75) is 44.6 Å². The molecule has 1 unspecified atom stereocenters. The number of hydrazine groups is 2. The van der Waals surface area contributed by atoms with E-state index in [1.807, 2.05) is 17.3 Å². The first-order valence-electron chi connectivity index (χ1n) is 8.45. The van der Waals surface area contributed by atoms with Gasteiger partial charge in [-0.15, -0.1) is 5.12 Å². The van der Waals surface area contributed by atoms with Crippen molar-refractivity contribution in [3.8, 4) is 17.7 Å². The van der Waals surface area contributed by atoms with Gasteiger partial charge >= 0.3 is 0 Å². The number of ether oxygens (including phenoxy) is 2. The minimum atomic E-state index is 0.238. The van der Waals surface area contributed by atoms with Crippen molar-refractivity contribution in [1.29, 1.82) is 5.26 Å². The van der Waals surface area contributed by atoms with Gasteiger partial charge < -0.3 is 9.47 Å². The molecule has 0 saturated heterocycles. The topological polar surface area (TPSA) is 60.8 Å². The van der Waals surface area contributed by atoms with E-state index in [1.54, 1.807) is 13.3 Å². The van der Waals surface area contributed by atoms with Crippen molar-refractivity contribution in [3.05, 3.63) is 36.2 Å². The Morgan fingerprint density at radius 1 is 1.33 bits per heavy atom. The summed E-state index contributed by atoms with van der Waals surface area (Å²) in [6, 6.07) is 6.11. The Hall–Kier alpha value is -2.55. The summed E-state index contributed by atoms with van der Waals surface area (Å²) in [4.78, 5) is 0. The lowest BCUT2D eigenvalue weighted by Gasteiger charge is -2.26. The van der Waals surface area contributed by atoms with Crippen molar-refractivity contribution >= 4 is 0 Å². The van der Waals surface area contributed by atoms with Crippen LogP contribution in [0.25, 0.3) is 0 Å². The standard InChI is InChI=1S/C18H24N4O2/c1-14(12-21-10-9-20-22(21)13-19)15-7-8-17(23-2)18(11-15)24-16-5-3-4-6-16/h7-11,14,16,20H,3-6,12H2,1-2H3. The van der Waals surface area contributed by atoms with Crippen LogP contribution in [0.4, 0.5) is 0 Å². The molecule has 0 spiro atoms. The van der Waals surface area contributed by atoms with Crippen LogP contribution in [0.15, 0.2) is 30.6 Å². The number of nitriles is 1. The predicted molar refractivity (Wildman–Crippen MR) is 90.7 cm³/mol. The zero-order chi connectivity index (χ0) is 16.9. The van der Waals surface area contributed by atoms with Crippen molar-refractivity contribution in [3.63, 3.8) is 0 Å². The van der Waals surface area contributed by atoms with Crippen LogP contribution in [0.2, 0.25) is 0 Å². The molecule has 1 aliphatic heterocycles. The van der Waals surface area contributed by atoms with E-state index < -0.39 is 0 Å². The highest BCUT2D eigenvalue weighted by atomic mass is 16.5. The number of rotatable bonds is 6. The van der Waals surface area contributed by atoms with Gasteiger partial charge in [0, 0.05) is 24.9 Å². The Morgan fingerprint density at radius 3 is 2.83 bits per heavy atom. The number of hydrogen-bond donors (Lipinski definition) is 1. The van der Waals surface area contributed by atoms with Crippen molar-refractivity contribution < 1.29 is 9.47 Å². The van der Waals surface area contributed by atoms with Gasteiger partial charge in [-0.25, -0.2) is 0 Å². The summed E-state index contributed by atoms with van der Waals surface area (Å²) in [5.74, 6) is 1.84. The molecule has 6 nitrogen and oxygen atoms in total. The third kappa shape index (κ3) is 3.51. The molecule has 0 amide bonds. The fourth-order valence-corrected chi connectivity index (χ4v) is 3.22. The van der Waals surface area contributed by atoms with E-state index in [0.717, 1.165) is 24.3 Å². The Labute approximate surface area is 143 Å². The molecule has 1 N–H and O–H groups in total. The Bertz CT molecular complexity index is 634. The van der Waals surface area contributed by atoms with Crippen LogP contribution in [0.5, 0.6) is 11.5 Å². The van der Waals surface area contributed by atoms with Crippen LogP contribution < -0.4 is 14.9 Å². The van der Waals surface area contributed by atoms with Crippen LogP contribution in [0.1, 0.15) is 44.1 Å². The van der Waals surface area contributed by atoms with Crippen molar-refractivity contribution in [1.82, 2.24) is 15.6 Å². The second kappa shape index (κ2) is 7.35. The van der Waals surface area contributed by atoms with Crippen LogP contribution in [-0.4, -0.2) is 29.9 Å². The summed E-state index contributed by atoms with van der Waals surface area (Å²) >= 11 is 0. The van der Waals surface area contributed by atoms with E-state index in [9.17, 15) is 0 Å². The summed E-state index contributed by atoms with van der Waals surface area (Å²) in [6.07, 6.45) is 10.7. The molecule has 0 radical (unpaired) electrons. The molecule has 1 aromatic rings. The average Bonchev–Trinajstić information content (AvgIpc) is 3.26. The van der Waals surface area contributed by atoms with Gasteiger partial charge in [0.15, 0.2) is 11.5 Å². The lowest BCUT2D eigenvalue weighted by atomic mass is 10.0. The fourth-order valence-electron chi connectivity index (χ4n) is 3.22. The normalized spacial score (nSPS) is 18.4. The third-order valence-corrected chi connectivity index (χ3v) is 4.61. The van der Waals surface area contributed by atoms with E-state index in [4.69, 9.17) is 14.7 Å². The van der Waals surface area contributed by atoms with E-state index in [0.29, 0.717) is 12.6 Å². The molecular formula is C18H24N4O2. The van der Waals surface area contributed by atoms with Crippen LogP contribution in [0, 0.1) is 11.5 Å². The first kappa shape index (κ1) is 16.3. The summed E-state index contributed by atoms with van der Waals surface area (Å²) in [7, 11) is 1.67. The maximum absolute atomic E-state index is 9.09. The molecule has 1 heterocycles. The predicted octanol–water partition coefficient (Wildman–Crippen LogP) is 3.11. The zero-order valence-corrected chi connectivity index (χ0v) is 14.2. The molecular weight excluding hydrogens is 304 g/mol. The summed E-state index contributed by atoms with van der Waals surface area (Å²) in [5.41, 5.74) is 4.03. The van der Waals surface area contributed by atoms with Gasteiger partial charge in [0.2, 0.25) is 6.19 Å². The molecule has 3 rings (SSSR count). The summed E-state index contributed by atoms with van der Waals surface area (Å²) in [6.45, 7) is 2.84. The molecule has 128 valence electrons. The molecule has 24 heavy (non-hydrogen) atoms. The van der Waals surface area contributed by atoms with Gasteiger partial charge in [0.1, 0.15) is 0 Å². The van der Waals surface area contributed by atoms with Gasteiger partial charge in [-0.2, -0.15) is 5.26 Å². The largest absolute Gasteiger partial charge is 0.493 e. The number of hydrogen-bond acceptors (Lipinski definition) is 6. The first-order chi connectivity index (χ1) is 11.7. The highest BCUT2D eigenvalue weighted by molar-refractivity contribution is 5.44. The van der Waals surface area contributed by atoms with Crippen LogP contribution in [-0.2, 0) is 0 Å². The first-order valence-corrected chi connectivity index (χ1v) is 8.45. The SMILES string of the molecule is COc1ccc(C(C)CN2C=CNN2C#N)cc1OC1CCCC1. The molecule has 1 atom stereocenters. The second-order valence-electron chi connectivity index (χ2n) is 6.31. The van der Waals surface area contributed by atoms with Gasteiger partial charge in [-0.05, 0) is 43.4 Å². The van der Waals surface area contributed by atoms with E-state index in [2.05, 4.69) is 30.7 Å². The summed E-state index contributed by atoms with van der Waals surface area (Å²) < 4.78 is 11.6. The molecule has 1 aromatic carbocycles. The highest BCUT2D eigenvalue weighted by Crippen LogP contribution is 2.34. The minimum absolute atomic E-state index is 0.238. The molecule has 0 aromatic heterocycles. The maximum Gasteiger partial charge on any atom is 0.221 e. The fraction of sp³-hybridized carbons (Fsp3) is 0.500. The highest BCUT2D eigenvalue weighted by Gasteiger charge is 2.21. The minimum Gasteiger partial charge on any atom is -0.493 e. The molecule has 6 heteroatoms. The maximum atomic E-state index is 9.09. The Kier molecular flexibility index (Phi) is 4.99. The number of methoxy groups -OCH3 is 1. The molecule has 1 saturated carbocycles. The van der Waals surface area contributed by atoms with Gasteiger partial charge in [0.25, 0.3) is 0 Å². The smallest absolute Gasteiger partial charge is 0.221 e. The lowest BCUT2D eigenvalue weighted by Crippen LogP contribution is -2.39. The molecule has 0 bridgehead atoms. The van der Waals surface area contributed by atoms with Crippen molar-refractivity contribution in [2.24, 2.45) is 0 Å². The quantitative estimate of drug-likeness (QED) is 0.810. The van der Waals surface area contributed by atoms with Crippen LogP contribution >= 0.6 is 0 Å². The average molecular weight is 328 g/mol. The van der Waals surface area contributed by atoms with Gasteiger partial charge in [0.05, 0.1) is 13.2 Å².